The lowest BCUT2D eigenvalue weighted by molar-refractivity contribution is 0.206. The number of nitrogens with zero attached hydrogens (tertiary/aromatic N) is 1. The molecule has 1 aromatic carbocycles. The maximum absolute atomic E-state index is 5.60. The summed E-state index contributed by atoms with van der Waals surface area (Å²) in [4.78, 5) is 3.16. The van der Waals surface area contributed by atoms with Gasteiger partial charge < -0.3 is 5.73 Å². The van der Waals surface area contributed by atoms with Crippen LogP contribution in [0.3, 0.4) is 0 Å². The van der Waals surface area contributed by atoms with E-state index in [9.17, 15) is 0 Å². The molecular formula is C14H20N2S. The highest BCUT2D eigenvalue weighted by molar-refractivity contribution is 7.80. The maximum atomic E-state index is 5.60. The second-order valence-electron chi connectivity index (χ2n) is 4.77. The first-order chi connectivity index (χ1) is 8.18. The van der Waals surface area contributed by atoms with Crippen LogP contribution in [0.25, 0.3) is 0 Å². The minimum Gasteiger partial charge on any atom is -0.393 e. The summed E-state index contributed by atoms with van der Waals surface area (Å²) in [5.74, 6) is 0. The van der Waals surface area contributed by atoms with E-state index >= 15 is 0 Å². The second kappa shape index (κ2) is 5.61. The number of nitrogens with two attached hydrogens (primary N) is 1. The van der Waals surface area contributed by atoms with Crippen LogP contribution in [-0.4, -0.2) is 22.5 Å². The molecule has 0 bridgehead atoms. The molecule has 0 radical (unpaired) electrons. The Morgan fingerprint density at radius 2 is 2.06 bits per heavy atom. The molecule has 1 saturated carbocycles. The lowest BCUT2D eigenvalue weighted by Crippen LogP contribution is -2.32. The normalized spacial score (nSPS) is 17.1. The fourth-order valence-electron chi connectivity index (χ4n) is 2.26. The number of thiocarbonyl (C=S) groups is 1. The largest absolute Gasteiger partial charge is 0.393 e. The monoisotopic (exact) mass is 248 g/mol. The van der Waals surface area contributed by atoms with Crippen LogP contribution in [0.15, 0.2) is 30.3 Å². The first kappa shape index (κ1) is 12.5. The third-order valence-electron chi connectivity index (χ3n) is 3.41. The highest BCUT2D eigenvalue weighted by Crippen LogP contribution is 2.34. The fourth-order valence-corrected chi connectivity index (χ4v) is 2.35. The Bertz CT molecular complexity index is 373. The van der Waals surface area contributed by atoms with Gasteiger partial charge in [-0.25, -0.2) is 0 Å². The van der Waals surface area contributed by atoms with Gasteiger partial charge in [-0.1, -0.05) is 42.5 Å². The zero-order valence-corrected chi connectivity index (χ0v) is 11.1. The van der Waals surface area contributed by atoms with Crippen molar-refractivity contribution in [1.82, 2.24) is 4.90 Å². The van der Waals surface area contributed by atoms with Gasteiger partial charge in [0.2, 0.25) is 0 Å². The maximum Gasteiger partial charge on any atom is 0.0740 e. The van der Waals surface area contributed by atoms with Crippen LogP contribution in [0.4, 0.5) is 0 Å². The van der Waals surface area contributed by atoms with Crippen molar-refractivity contribution in [3.63, 3.8) is 0 Å². The summed E-state index contributed by atoms with van der Waals surface area (Å²) >= 11 is 4.98. The van der Waals surface area contributed by atoms with Crippen LogP contribution >= 0.6 is 12.2 Å². The summed E-state index contributed by atoms with van der Waals surface area (Å²) in [5.41, 5.74) is 6.98. The Morgan fingerprint density at radius 3 is 2.59 bits per heavy atom. The van der Waals surface area contributed by atoms with Gasteiger partial charge in [-0.05, 0) is 25.3 Å². The van der Waals surface area contributed by atoms with E-state index in [1.54, 1.807) is 0 Å². The molecule has 2 nitrogen and oxygen atoms in total. The van der Waals surface area contributed by atoms with E-state index in [-0.39, 0.29) is 0 Å². The number of hydrogen-bond acceptors (Lipinski definition) is 2. The topological polar surface area (TPSA) is 29.3 Å². The van der Waals surface area contributed by atoms with Gasteiger partial charge in [0.1, 0.15) is 0 Å². The minimum absolute atomic E-state index is 0.457. The van der Waals surface area contributed by atoms with Crippen LogP contribution in [-0.2, 0) is 0 Å². The molecule has 1 aliphatic rings. The fraction of sp³-hybridized carbons (Fsp3) is 0.500. The lowest BCUT2D eigenvalue weighted by Gasteiger charge is -2.29. The van der Waals surface area contributed by atoms with Crippen molar-refractivity contribution in [2.45, 2.75) is 38.3 Å². The summed E-state index contributed by atoms with van der Waals surface area (Å²) < 4.78 is 0. The quantitative estimate of drug-likeness (QED) is 0.785. The van der Waals surface area contributed by atoms with Crippen molar-refractivity contribution < 1.29 is 0 Å². The first-order valence-corrected chi connectivity index (χ1v) is 6.68. The van der Waals surface area contributed by atoms with Crippen LogP contribution in [0.2, 0.25) is 0 Å². The molecule has 0 heterocycles. The Hall–Kier alpha value is -0.930. The average Bonchev–Trinajstić information content (AvgIpc) is 3.14. The Labute approximate surface area is 109 Å². The second-order valence-corrected chi connectivity index (χ2v) is 5.30. The van der Waals surface area contributed by atoms with Crippen molar-refractivity contribution in [1.29, 1.82) is 0 Å². The number of rotatable bonds is 6. The number of benzene rings is 1. The van der Waals surface area contributed by atoms with Gasteiger partial charge in [0, 0.05) is 25.0 Å². The van der Waals surface area contributed by atoms with Gasteiger partial charge in [-0.3, -0.25) is 4.90 Å². The van der Waals surface area contributed by atoms with E-state index in [4.69, 9.17) is 18.0 Å². The van der Waals surface area contributed by atoms with E-state index in [1.807, 2.05) is 0 Å². The Morgan fingerprint density at radius 1 is 1.41 bits per heavy atom. The summed E-state index contributed by atoms with van der Waals surface area (Å²) in [6.45, 7) is 3.25. The molecule has 92 valence electrons. The highest BCUT2D eigenvalue weighted by Gasteiger charge is 2.32. The van der Waals surface area contributed by atoms with Crippen molar-refractivity contribution in [3.8, 4) is 0 Å². The van der Waals surface area contributed by atoms with Gasteiger partial charge in [-0.15, -0.1) is 0 Å². The zero-order chi connectivity index (χ0) is 12.3. The summed E-state index contributed by atoms with van der Waals surface area (Å²) in [5, 5.41) is 0. The molecule has 1 aliphatic carbocycles. The van der Waals surface area contributed by atoms with Crippen molar-refractivity contribution in [2.75, 3.05) is 6.54 Å². The lowest BCUT2D eigenvalue weighted by atomic mass is 10.1. The highest BCUT2D eigenvalue weighted by atomic mass is 32.1. The Kier molecular flexibility index (Phi) is 4.13. The zero-order valence-electron chi connectivity index (χ0n) is 10.3. The molecule has 1 fully saturated rings. The van der Waals surface area contributed by atoms with E-state index < -0.39 is 0 Å². The van der Waals surface area contributed by atoms with Crippen molar-refractivity contribution >= 4 is 17.2 Å². The van der Waals surface area contributed by atoms with E-state index in [0.717, 1.165) is 19.0 Å². The van der Waals surface area contributed by atoms with Gasteiger partial charge in [0.25, 0.3) is 0 Å². The summed E-state index contributed by atoms with van der Waals surface area (Å²) in [7, 11) is 0. The summed E-state index contributed by atoms with van der Waals surface area (Å²) in [6, 6.07) is 11.8. The SMILES string of the molecule is CC(c1ccccc1)N(CCC(N)=S)C1CC1. The third kappa shape index (κ3) is 3.51. The molecule has 2 N–H and O–H groups in total. The predicted octanol–water partition coefficient (Wildman–Crippen LogP) is 2.89. The van der Waals surface area contributed by atoms with Gasteiger partial charge >= 0.3 is 0 Å². The molecule has 2 rings (SSSR count). The molecule has 0 saturated heterocycles. The first-order valence-electron chi connectivity index (χ1n) is 6.27. The predicted molar refractivity (Wildman–Crippen MR) is 76.0 cm³/mol. The summed E-state index contributed by atoms with van der Waals surface area (Å²) in [6.07, 6.45) is 3.45. The van der Waals surface area contributed by atoms with E-state index in [0.29, 0.717) is 11.0 Å². The van der Waals surface area contributed by atoms with Crippen molar-refractivity contribution in [2.24, 2.45) is 5.73 Å². The van der Waals surface area contributed by atoms with Crippen molar-refractivity contribution in [3.05, 3.63) is 35.9 Å². The Balaban J connectivity index is 2.02. The van der Waals surface area contributed by atoms with E-state index in [2.05, 4.69) is 42.2 Å². The van der Waals surface area contributed by atoms with Crippen LogP contribution < -0.4 is 5.73 Å². The van der Waals surface area contributed by atoms with Gasteiger partial charge in [0.15, 0.2) is 0 Å². The van der Waals surface area contributed by atoms with Gasteiger partial charge in [-0.2, -0.15) is 0 Å². The number of hydrogen-bond donors (Lipinski definition) is 1. The molecular weight excluding hydrogens is 228 g/mol. The van der Waals surface area contributed by atoms with E-state index in [1.165, 1.54) is 18.4 Å². The molecule has 0 aromatic heterocycles. The van der Waals surface area contributed by atoms with Crippen LogP contribution in [0.1, 0.15) is 37.8 Å². The van der Waals surface area contributed by atoms with Crippen LogP contribution in [0, 0.1) is 0 Å². The molecule has 0 aliphatic heterocycles. The standard InChI is InChI=1S/C14H20N2S/c1-11(12-5-3-2-4-6-12)16(13-7-8-13)10-9-14(15)17/h2-6,11,13H,7-10H2,1H3,(H2,15,17). The van der Waals surface area contributed by atoms with Gasteiger partial charge in [0.05, 0.1) is 4.99 Å². The minimum atomic E-state index is 0.457. The molecule has 3 heteroatoms. The molecule has 1 unspecified atom stereocenters. The molecule has 17 heavy (non-hydrogen) atoms. The smallest absolute Gasteiger partial charge is 0.0740 e. The molecule has 0 spiro atoms. The molecule has 1 atom stereocenters. The molecule has 1 aromatic rings. The molecule has 0 amide bonds. The van der Waals surface area contributed by atoms with Crippen LogP contribution in [0.5, 0.6) is 0 Å². The average molecular weight is 248 g/mol. The third-order valence-corrected chi connectivity index (χ3v) is 3.62.